The van der Waals surface area contributed by atoms with E-state index in [2.05, 4.69) is 30.7 Å². The van der Waals surface area contributed by atoms with Gasteiger partial charge in [-0.25, -0.2) is 4.40 Å². The summed E-state index contributed by atoms with van der Waals surface area (Å²) in [6.45, 7) is 5.70. The van der Waals surface area contributed by atoms with Crippen molar-refractivity contribution in [1.82, 2.24) is 0 Å². The van der Waals surface area contributed by atoms with Gasteiger partial charge in [-0.15, -0.1) is 6.58 Å². The predicted molar refractivity (Wildman–Crippen MR) is 46.1 cm³/mol. The van der Waals surface area contributed by atoms with Crippen LogP contribution in [0.2, 0.25) is 0 Å². The van der Waals surface area contributed by atoms with Crippen LogP contribution in [0, 0.1) is 0 Å². The van der Waals surface area contributed by atoms with Crippen molar-refractivity contribution in [3.05, 3.63) is 12.7 Å². The first-order valence-corrected chi connectivity index (χ1v) is 3.55. The van der Waals surface area contributed by atoms with E-state index in [9.17, 15) is 0 Å². The van der Waals surface area contributed by atoms with E-state index in [0.29, 0.717) is 0 Å². The molecule has 0 aliphatic carbocycles. The first kappa shape index (κ1) is 8.76. The normalized spacial score (nSPS) is 11.6. The third kappa shape index (κ3) is 4.28. The lowest BCUT2D eigenvalue weighted by Gasteiger charge is -1.95. The molecule has 0 atom stereocenters. The fraction of sp³-hybridized carbons (Fsp3) is 0.571. The molecule has 0 fully saturated rings. The van der Waals surface area contributed by atoms with Gasteiger partial charge in [0.1, 0.15) is 0 Å². The van der Waals surface area contributed by atoms with E-state index >= 15 is 0 Å². The van der Waals surface area contributed by atoms with Crippen LogP contribution >= 0.6 is 12.8 Å². The third-order valence-corrected chi connectivity index (χ3v) is 1.47. The Morgan fingerprint density at radius 3 is 2.78 bits per heavy atom. The Morgan fingerprint density at radius 1 is 1.78 bits per heavy atom. The topological polar surface area (TPSA) is 12.4 Å². The largest absolute Gasteiger partial charge is 0.229 e. The molecule has 0 heterocycles. The van der Waals surface area contributed by atoms with Gasteiger partial charge in [-0.1, -0.05) is 13.0 Å². The second-order valence-corrected chi connectivity index (χ2v) is 2.05. The van der Waals surface area contributed by atoms with Gasteiger partial charge in [0.05, 0.1) is 0 Å². The third-order valence-electron chi connectivity index (χ3n) is 1.19. The van der Waals surface area contributed by atoms with Crippen molar-refractivity contribution in [2.45, 2.75) is 26.2 Å². The van der Waals surface area contributed by atoms with Crippen LogP contribution in [0.4, 0.5) is 0 Å². The molecule has 0 aromatic carbocycles. The minimum absolute atomic E-state index is 0.997. The Labute approximate surface area is 62.4 Å². The lowest BCUT2D eigenvalue weighted by atomic mass is 10.2. The molecule has 52 valence electrons. The van der Waals surface area contributed by atoms with E-state index in [0.717, 1.165) is 25.0 Å². The summed E-state index contributed by atoms with van der Waals surface area (Å²) in [4.78, 5) is 0. The number of nitrogens with zero attached hydrogens (tertiary/aromatic N) is 1. The average molecular weight is 143 g/mol. The van der Waals surface area contributed by atoms with Gasteiger partial charge in [0, 0.05) is 5.71 Å². The molecule has 0 aliphatic rings. The Morgan fingerprint density at radius 2 is 2.44 bits per heavy atom. The van der Waals surface area contributed by atoms with Crippen LogP contribution in [0.15, 0.2) is 17.1 Å². The predicted octanol–water partition coefficient (Wildman–Crippen LogP) is 2.65. The van der Waals surface area contributed by atoms with Gasteiger partial charge >= 0.3 is 0 Å². The second kappa shape index (κ2) is 5.89. The van der Waals surface area contributed by atoms with Crippen molar-refractivity contribution in [2.75, 3.05) is 0 Å². The zero-order valence-corrected chi connectivity index (χ0v) is 6.69. The van der Waals surface area contributed by atoms with Crippen molar-refractivity contribution in [3.8, 4) is 0 Å². The molecule has 9 heavy (non-hydrogen) atoms. The average Bonchev–Trinajstić information content (AvgIpc) is 1.91. The van der Waals surface area contributed by atoms with Crippen molar-refractivity contribution in [1.29, 1.82) is 0 Å². The first-order valence-electron chi connectivity index (χ1n) is 3.15. The van der Waals surface area contributed by atoms with E-state index in [4.69, 9.17) is 0 Å². The van der Waals surface area contributed by atoms with Crippen molar-refractivity contribution in [3.63, 3.8) is 0 Å². The molecular weight excluding hydrogens is 130 g/mol. The van der Waals surface area contributed by atoms with Gasteiger partial charge in [-0.3, -0.25) is 0 Å². The summed E-state index contributed by atoms with van der Waals surface area (Å²) in [6.07, 6.45) is 4.91. The molecule has 0 amide bonds. The summed E-state index contributed by atoms with van der Waals surface area (Å²) in [5.74, 6) is 0. The molecule has 0 saturated heterocycles. The SMILES string of the molecule is C=CCCC(CC)=NS. The van der Waals surface area contributed by atoms with Crippen LogP contribution in [0.5, 0.6) is 0 Å². The van der Waals surface area contributed by atoms with Gasteiger partial charge in [0.2, 0.25) is 0 Å². The quantitative estimate of drug-likeness (QED) is 0.353. The van der Waals surface area contributed by atoms with Gasteiger partial charge in [-0.2, -0.15) is 0 Å². The number of hydrogen-bond donors (Lipinski definition) is 1. The molecule has 0 radical (unpaired) electrons. The van der Waals surface area contributed by atoms with Crippen LogP contribution in [-0.2, 0) is 0 Å². The summed E-state index contributed by atoms with van der Waals surface area (Å²) in [5.41, 5.74) is 1.15. The van der Waals surface area contributed by atoms with E-state index in [-0.39, 0.29) is 0 Å². The maximum absolute atomic E-state index is 3.82. The molecule has 1 nitrogen and oxygen atoms in total. The van der Waals surface area contributed by atoms with Gasteiger partial charge in [-0.05, 0) is 32.1 Å². The standard InChI is InChI=1S/C7H13NS/c1-3-5-6-7(4-2)8-9/h3,9H,1,4-6H2,2H3. The summed E-state index contributed by atoms with van der Waals surface area (Å²) in [6, 6.07) is 0. The van der Waals surface area contributed by atoms with Crippen LogP contribution in [0.25, 0.3) is 0 Å². The monoisotopic (exact) mass is 143 g/mol. The number of hydrogen-bond acceptors (Lipinski definition) is 2. The van der Waals surface area contributed by atoms with Gasteiger partial charge in [0.25, 0.3) is 0 Å². The first-order chi connectivity index (χ1) is 4.35. The maximum Gasteiger partial charge on any atom is 0.0259 e. The van der Waals surface area contributed by atoms with E-state index in [1.54, 1.807) is 0 Å². The molecule has 0 rings (SSSR count). The highest BCUT2D eigenvalue weighted by Crippen LogP contribution is 1.98. The lowest BCUT2D eigenvalue weighted by molar-refractivity contribution is 1.06. The second-order valence-electron chi connectivity index (χ2n) is 1.85. The number of thiol groups is 1. The fourth-order valence-electron chi connectivity index (χ4n) is 0.566. The molecule has 0 spiro atoms. The highest BCUT2D eigenvalue weighted by atomic mass is 32.1. The number of rotatable bonds is 4. The van der Waals surface area contributed by atoms with Crippen molar-refractivity contribution in [2.24, 2.45) is 4.40 Å². The van der Waals surface area contributed by atoms with Crippen LogP contribution in [-0.4, -0.2) is 5.71 Å². The van der Waals surface area contributed by atoms with E-state index < -0.39 is 0 Å². The minimum atomic E-state index is 0.997. The van der Waals surface area contributed by atoms with Gasteiger partial charge in [0.15, 0.2) is 0 Å². The highest BCUT2D eigenvalue weighted by molar-refractivity contribution is 7.79. The Bertz CT molecular complexity index is 107. The molecule has 0 aromatic rings. The molecule has 0 unspecified atom stereocenters. The Kier molecular flexibility index (Phi) is 5.73. The minimum Gasteiger partial charge on any atom is -0.229 e. The van der Waals surface area contributed by atoms with E-state index in [1.807, 2.05) is 6.08 Å². The highest BCUT2D eigenvalue weighted by Gasteiger charge is 1.90. The Hall–Kier alpha value is -0.240. The van der Waals surface area contributed by atoms with Gasteiger partial charge < -0.3 is 0 Å². The summed E-state index contributed by atoms with van der Waals surface area (Å²) < 4.78 is 3.81. The molecular formula is C7H13NS. The van der Waals surface area contributed by atoms with Crippen molar-refractivity contribution >= 4 is 18.5 Å². The molecule has 0 saturated carbocycles. The maximum atomic E-state index is 3.82. The number of allylic oxidation sites excluding steroid dienone is 1. The molecule has 0 aromatic heterocycles. The molecule has 0 aliphatic heterocycles. The van der Waals surface area contributed by atoms with Crippen LogP contribution < -0.4 is 0 Å². The summed E-state index contributed by atoms with van der Waals surface area (Å²) in [7, 11) is 0. The van der Waals surface area contributed by atoms with Crippen LogP contribution in [0.1, 0.15) is 26.2 Å². The summed E-state index contributed by atoms with van der Waals surface area (Å²) in [5, 5.41) is 0. The Balaban J connectivity index is 3.44. The molecule has 0 bridgehead atoms. The fourth-order valence-corrected chi connectivity index (χ4v) is 0.808. The zero-order chi connectivity index (χ0) is 7.11. The molecule has 2 heteroatoms. The van der Waals surface area contributed by atoms with E-state index in [1.165, 1.54) is 0 Å². The van der Waals surface area contributed by atoms with Crippen LogP contribution in [0.3, 0.4) is 0 Å². The van der Waals surface area contributed by atoms with Crippen molar-refractivity contribution < 1.29 is 0 Å². The zero-order valence-electron chi connectivity index (χ0n) is 5.80. The lowest BCUT2D eigenvalue weighted by Crippen LogP contribution is -1.92. The summed E-state index contributed by atoms with van der Waals surface area (Å²) >= 11 is 3.82. The smallest absolute Gasteiger partial charge is 0.0259 e. The molecule has 0 N–H and O–H groups in total.